The van der Waals surface area contributed by atoms with Crippen molar-refractivity contribution in [3.05, 3.63) is 46.2 Å². The number of ketones is 2. The van der Waals surface area contributed by atoms with Crippen LogP contribution in [0.1, 0.15) is 92.9 Å². The number of Topliss-reactive ketones (excluding diaryl/α,β-unsaturated/α-hetero) is 2. The van der Waals surface area contributed by atoms with E-state index in [1.54, 1.807) is 13.8 Å². The van der Waals surface area contributed by atoms with E-state index in [0.29, 0.717) is 12.8 Å². The van der Waals surface area contributed by atoms with Crippen molar-refractivity contribution in [1.82, 2.24) is 9.80 Å². The maximum atomic E-state index is 12.0. The first kappa shape index (κ1) is 35.9. The summed E-state index contributed by atoms with van der Waals surface area (Å²) in [6.45, 7) is 9.50. The molecule has 0 radical (unpaired) electrons. The second-order valence-electron chi connectivity index (χ2n) is 8.84. The Kier molecular flexibility index (Phi) is 15.5. The molecule has 0 aromatic carbocycles. The summed E-state index contributed by atoms with van der Waals surface area (Å²) in [5.74, 6) is -4.88. The molecule has 0 aliphatic carbocycles. The largest absolute Gasteiger partial charge is 2.00 e. The van der Waals surface area contributed by atoms with Crippen LogP contribution in [0.2, 0.25) is 0 Å². The van der Waals surface area contributed by atoms with Crippen LogP contribution >= 0.6 is 0 Å². The first-order valence-corrected chi connectivity index (χ1v) is 12.8. The number of amides is 4. The smallest absolute Gasteiger partial charge is 0.870 e. The van der Waals surface area contributed by atoms with Gasteiger partial charge in [0, 0.05) is 38.1 Å². The molecule has 0 spiro atoms. The van der Waals surface area contributed by atoms with Gasteiger partial charge in [-0.05, 0) is 26.7 Å². The van der Waals surface area contributed by atoms with Crippen molar-refractivity contribution >= 4 is 58.2 Å². The van der Waals surface area contributed by atoms with Gasteiger partial charge in [-0.25, -0.2) is 9.80 Å². The van der Waals surface area contributed by atoms with Gasteiger partial charge in [0.05, 0.1) is 11.1 Å². The zero-order valence-electron chi connectivity index (χ0n) is 23.7. The molecule has 2 rings (SSSR count). The fraction of sp³-hybridized carbons (Fsp3) is 0.500. The molecule has 11 heteroatoms. The number of nitrogens with zero attached hydrogens (tertiary/aromatic N) is 2. The van der Waals surface area contributed by atoms with E-state index < -0.39 is 46.7 Å². The van der Waals surface area contributed by atoms with Gasteiger partial charge in [0.1, 0.15) is 0 Å². The Morgan fingerprint density at radius 1 is 0.667 bits per heavy atom. The van der Waals surface area contributed by atoms with Gasteiger partial charge >= 0.3 is 23.1 Å². The molecule has 0 N–H and O–H groups in total. The minimum absolute atomic E-state index is 0. The minimum Gasteiger partial charge on any atom is -0.870 e. The van der Waals surface area contributed by atoms with E-state index in [9.17, 15) is 39.0 Å². The van der Waals surface area contributed by atoms with Crippen LogP contribution in [0, 0.1) is 0 Å². The standard InChI is InChI=1S/2C14H19NO4.Mg/c2*1-4-6-7-8-11(17)12-13(18)10(5-2)15(9(3)16)14(12)19;/h2*5,18H,4,6-8H2,1-3H3;/q;;+2/p-2/b2*10-5-;. The number of hydrogen-bond donors (Lipinski definition) is 0. The molecule has 0 atom stereocenters. The van der Waals surface area contributed by atoms with Gasteiger partial charge in [-0.2, -0.15) is 0 Å². The number of imide groups is 2. The maximum Gasteiger partial charge on any atom is 2.00 e. The van der Waals surface area contributed by atoms with E-state index in [4.69, 9.17) is 0 Å². The summed E-state index contributed by atoms with van der Waals surface area (Å²) in [7, 11) is 0. The number of carbonyl (C=O) groups excluding carboxylic acids is 6. The number of allylic oxidation sites excluding steroid dienone is 2. The molecule has 2 aliphatic heterocycles. The summed E-state index contributed by atoms with van der Waals surface area (Å²) in [4.78, 5) is 72.1. The van der Waals surface area contributed by atoms with E-state index >= 15 is 0 Å². The Hall–Kier alpha value is -3.05. The number of unbranched alkanes of at least 4 members (excludes halogenated alkanes) is 4. The van der Waals surface area contributed by atoms with Crippen molar-refractivity contribution in [1.29, 1.82) is 0 Å². The first-order valence-electron chi connectivity index (χ1n) is 12.8. The van der Waals surface area contributed by atoms with Crippen molar-refractivity contribution in [2.24, 2.45) is 0 Å². The summed E-state index contributed by atoms with van der Waals surface area (Å²) >= 11 is 0. The summed E-state index contributed by atoms with van der Waals surface area (Å²) in [5.41, 5.74) is -0.786. The molecule has 0 bridgehead atoms. The van der Waals surface area contributed by atoms with Gasteiger partial charge in [-0.1, -0.05) is 63.2 Å². The van der Waals surface area contributed by atoms with Crippen LogP contribution in [0.5, 0.6) is 0 Å². The van der Waals surface area contributed by atoms with Gasteiger partial charge in [-0.3, -0.25) is 28.8 Å². The van der Waals surface area contributed by atoms with Crippen molar-refractivity contribution in [2.45, 2.75) is 92.9 Å². The number of hydrogen-bond acceptors (Lipinski definition) is 8. The molecule has 2 aliphatic rings. The number of carbonyl (C=O) groups is 6. The molecule has 0 saturated heterocycles. The van der Waals surface area contributed by atoms with Crippen LogP contribution in [-0.2, 0) is 28.8 Å². The molecule has 0 fully saturated rings. The molecule has 0 aromatic rings. The molecule has 0 saturated carbocycles. The summed E-state index contributed by atoms with van der Waals surface area (Å²) < 4.78 is 0. The van der Waals surface area contributed by atoms with Gasteiger partial charge in [0.15, 0.2) is 11.6 Å². The van der Waals surface area contributed by atoms with Gasteiger partial charge in [-0.15, -0.1) is 0 Å². The monoisotopic (exact) mass is 552 g/mol. The SMILES string of the molecule is C/C=C1/C([O-])=C(C(=O)CCCCC)C(=O)N1C(C)=O.C/C=C1/C([O-])=C(C(=O)CCCCC)C(=O)N1C(C)=O.[Mg+2]. The molecule has 0 aromatic heterocycles. The Morgan fingerprint density at radius 3 is 1.18 bits per heavy atom. The van der Waals surface area contributed by atoms with Crippen molar-refractivity contribution in [3.63, 3.8) is 0 Å². The van der Waals surface area contributed by atoms with Crippen LogP contribution < -0.4 is 10.2 Å². The van der Waals surface area contributed by atoms with Crippen molar-refractivity contribution in [3.8, 4) is 0 Å². The Bertz CT molecular complexity index is 1040. The average molecular weight is 553 g/mol. The third kappa shape index (κ3) is 8.46. The molecule has 4 amide bonds. The third-order valence-electron chi connectivity index (χ3n) is 5.98. The second-order valence-corrected chi connectivity index (χ2v) is 8.84. The predicted octanol–water partition coefficient (Wildman–Crippen LogP) is 1.70. The van der Waals surface area contributed by atoms with E-state index in [0.717, 1.165) is 35.5 Å². The minimum atomic E-state index is -0.785. The summed E-state index contributed by atoms with van der Waals surface area (Å²) in [6.07, 6.45) is 8.03. The van der Waals surface area contributed by atoms with Crippen molar-refractivity contribution in [2.75, 3.05) is 0 Å². The topological polar surface area (TPSA) is 155 Å². The van der Waals surface area contributed by atoms with E-state index in [1.165, 1.54) is 26.0 Å². The molecule has 39 heavy (non-hydrogen) atoms. The van der Waals surface area contributed by atoms with Gasteiger partial charge in [0.25, 0.3) is 11.8 Å². The van der Waals surface area contributed by atoms with Gasteiger partial charge < -0.3 is 10.2 Å². The predicted molar refractivity (Wildman–Crippen MR) is 141 cm³/mol. The second kappa shape index (κ2) is 16.8. The Morgan fingerprint density at radius 2 is 0.974 bits per heavy atom. The van der Waals surface area contributed by atoms with Crippen LogP contribution in [0.4, 0.5) is 0 Å². The Balaban J connectivity index is 0.000000722. The molecule has 2 heterocycles. The number of rotatable bonds is 10. The first-order chi connectivity index (χ1) is 17.9. The normalized spacial score (nSPS) is 17.1. The molecule has 10 nitrogen and oxygen atoms in total. The average Bonchev–Trinajstić information content (AvgIpc) is 3.27. The van der Waals surface area contributed by atoms with E-state index in [-0.39, 0.29) is 58.4 Å². The molecular weight excluding hydrogens is 517 g/mol. The van der Waals surface area contributed by atoms with Crippen molar-refractivity contribution < 1.29 is 39.0 Å². The summed E-state index contributed by atoms with van der Waals surface area (Å²) in [6, 6.07) is 0. The maximum absolute atomic E-state index is 12.0. The quantitative estimate of drug-likeness (QED) is 0.225. The third-order valence-corrected chi connectivity index (χ3v) is 5.98. The molecular formula is C28H36MgN2O8. The van der Waals surface area contributed by atoms with E-state index in [2.05, 4.69) is 0 Å². The van der Waals surface area contributed by atoms with E-state index in [1.807, 2.05) is 13.8 Å². The molecule has 208 valence electrons. The zero-order chi connectivity index (χ0) is 29.2. The summed E-state index contributed by atoms with van der Waals surface area (Å²) in [5, 5.41) is 24.0. The van der Waals surface area contributed by atoms with Gasteiger partial charge in [0.2, 0.25) is 11.8 Å². The Labute approximate surface area is 245 Å². The molecule has 0 unspecified atom stereocenters. The van der Waals surface area contributed by atoms with Crippen LogP contribution in [0.25, 0.3) is 0 Å². The van der Waals surface area contributed by atoms with Crippen LogP contribution in [0.15, 0.2) is 46.2 Å². The fourth-order valence-electron chi connectivity index (χ4n) is 4.05. The van der Waals surface area contributed by atoms with Crippen LogP contribution in [-0.4, -0.2) is 68.0 Å². The fourth-order valence-corrected chi connectivity index (χ4v) is 4.05. The van der Waals surface area contributed by atoms with Crippen LogP contribution in [0.3, 0.4) is 0 Å². The zero-order valence-corrected chi connectivity index (χ0v) is 25.1.